The number of nitrogens with zero attached hydrogens (tertiary/aromatic N) is 2. The van der Waals surface area contributed by atoms with E-state index in [0.29, 0.717) is 6.61 Å². The Morgan fingerprint density at radius 3 is 2.32 bits per heavy atom. The van der Waals surface area contributed by atoms with E-state index >= 15 is 0 Å². The molecule has 6 nitrogen and oxygen atoms in total. The first kappa shape index (κ1) is 20.5. The first-order chi connectivity index (χ1) is 11.7. The third kappa shape index (κ3) is 6.12. The first-order valence-electron chi connectivity index (χ1n) is 9.61. The third-order valence-electron chi connectivity index (χ3n) is 5.46. The first-order valence-corrected chi connectivity index (χ1v) is 9.61. The second-order valence-corrected chi connectivity index (χ2v) is 8.95. The minimum absolute atomic E-state index is 0.0512. The molecule has 25 heavy (non-hydrogen) atoms. The van der Waals surface area contributed by atoms with Gasteiger partial charge in [0.25, 0.3) is 0 Å². The van der Waals surface area contributed by atoms with Crippen LogP contribution in [0, 0.1) is 5.41 Å². The van der Waals surface area contributed by atoms with Crippen molar-refractivity contribution in [3.8, 4) is 0 Å². The monoisotopic (exact) mass is 355 g/mol. The number of carbonyl (C=O) groups excluding carboxylic acids is 1. The average Bonchev–Trinajstić information content (AvgIpc) is 2.55. The standard InChI is InChI=1S/C19H37N3O3/c1-18(2,3)14-16(15-24-5)20-17(23)21-8-6-19(4,7-9-21)22-10-12-25-13-11-22/h16H,6-15H2,1-5H3,(H,20,23). The number of morpholine rings is 1. The Morgan fingerprint density at radius 2 is 1.80 bits per heavy atom. The van der Waals surface area contributed by atoms with Gasteiger partial charge in [-0.15, -0.1) is 0 Å². The van der Waals surface area contributed by atoms with Gasteiger partial charge in [0.2, 0.25) is 0 Å². The number of piperidine rings is 1. The largest absolute Gasteiger partial charge is 0.383 e. The van der Waals surface area contributed by atoms with E-state index in [1.807, 2.05) is 4.90 Å². The summed E-state index contributed by atoms with van der Waals surface area (Å²) in [5, 5.41) is 3.18. The molecule has 0 aromatic rings. The van der Waals surface area contributed by atoms with E-state index in [4.69, 9.17) is 9.47 Å². The zero-order chi connectivity index (χ0) is 18.5. The van der Waals surface area contributed by atoms with E-state index < -0.39 is 0 Å². The van der Waals surface area contributed by atoms with Crippen LogP contribution in [0.5, 0.6) is 0 Å². The van der Waals surface area contributed by atoms with Crippen molar-refractivity contribution in [1.82, 2.24) is 15.1 Å². The van der Waals surface area contributed by atoms with Crippen LogP contribution in [0.15, 0.2) is 0 Å². The Hall–Kier alpha value is -0.850. The van der Waals surface area contributed by atoms with Gasteiger partial charge >= 0.3 is 6.03 Å². The van der Waals surface area contributed by atoms with Gasteiger partial charge in [0.05, 0.1) is 25.9 Å². The van der Waals surface area contributed by atoms with Crippen LogP contribution in [0.3, 0.4) is 0 Å². The van der Waals surface area contributed by atoms with Crippen molar-refractivity contribution in [3.05, 3.63) is 0 Å². The SMILES string of the molecule is COCC(CC(C)(C)C)NC(=O)N1CCC(C)(N2CCOCC2)CC1. The number of urea groups is 1. The fourth-order valence-electron chi connectivity index (χ4n) is 3.97. The molecule has 6 heteroatoms. The number of rotatable bonds is 5. The third-order valence-corrected chi connectivity index (χ3v) is 5.46. The van der Waals surface area contributed by atoms with Gasteiger partial charge in [0.15, 0.2) is 0 Å². The normalized spacial score (nSPS) is 23.3. The molecule has 2 fully saturated rings. The molecule has 0 spiro atoms. The van der Waals surface area contributed by atoms with Crippen molar-refractivity contribution in [3.63, 3.8) is 0 Å². The van der Waals surface area contributed by atoms with E-state index in [2.05, 4.69) is 37.9 Å². The lowest BCUT2D eigenvalue weighted by molar-refractivity contribution is -0.0358. The van der Waals surface area contributed by atoms with Crippen LogP contribution in [0.4, 0.5) is 4.79 Å². The molecule has 1 unspecified atom stereocenters. The molecule has 0 saturated carbocycles. The van der Waals surface area contributed by atoms with Crippen molar-refractivity contribution in [1.29, 1.82) is 0 Å². The molecule has 2 amide bonds. The van der Waals surface area contributed by atoms with Gasteiger partial charge in [-0.1, -0.05) is 20.8 Å². The zero-order valence-corrected chi connectivity index (χ0v) is 16.8. The smallest absolute Gasteiger partial charge is 0.317 e. The summed E-state index contributed by atoms with van der Waals surface area (Å²) < 4.78 is 10.8. The molecule has 146 valence electrons. The van der Waals surface area contributed by atoms with Crippen molar-refractivity contribution in [2.75, 3.05) is 53.1 Å². The van der Waals surface area contributed by atoms with Crippen molar-refractivity contribution < 1.29 is 14.3 Å². The molecule has 2 aliphatic heterocycles. The molecule has 2 rings (SSSR count). The number of amides is 2. The predicted octanol–water partition coefficient (Wildman–Crippen LogP) is 2.33. The van der Waals surface area contributed by atoms with Crippen LogP contribution < -0.4 is 5.32 Å². The Labute approximate surface area is 153 Å². The van der Waals surface area contributed by atoms with Gasteiger partial charge in [0.1, 0.15) is 0 Å². The van der Waals surface area contributed by atoms with Gasteiger partial charge < -0.3 is 19.7 Å². The summed E-state index contributed by atoms with van der Waals surface area (Å²) in [5.41, 5.74) is 0.352. The molecular weight excluding hydrogens is 318 g/mol. The van der Waals surface area contributed by atoms with Crippen molar-refractivity contribution in [2.24, 2.45) is 5.41 Å². The van der Waals surface area contributed by atoms with Crippen LogP contribution in [-0.2, 0) is 9.47 Å². The summed E-state index contributed by atoms with van der Waals surface area (Å²) in [4.78, 5) is 17.2. The molecule has 0 aromatic heterocycles. The number of carbonyl (C=O) groups is 1. The maximum absolute atomic E-state index is 12.7. The summed E-state index contributed by atoms with van der Waals surface area (Å²) in [7, 11) is 1.69. The number of hydrogen-bond acceptors (Lipinski definition) is 4. The van der Waals surface area contributed by atoms with Gasteiger partial charge in [-0.25, -0.2) is 4.79 Å². The number of hydrogen-bond donors (Lipinski definition) is 1. The van der Waals surface area contributed by atoms with E-state index in [1.165, 1.54) is 0 Å². The number of nitrogens with one attached hydrogen (secondary N) is 1. The molecule has 2 heterocycles. The van der Waals surface area contributed by atoms with Crippen LogP contribution in [-0.4, -0.2) is 80.5 Å². The van der Waals surface area contributed by atoms with Gasteiger partial charge in [-0.3, -0.25) is 4.90 Å². The average molecular weight is 356 g/mol. The van der Waals surface area contributed by atoms with E-state index in [1.54, 1.807) is 7.11 Å². The van der Waals surface area contributed by atoms with Crippen LogP contribution in [0.1, 0.15) is 47.0 Å². The Kier molecular flexibility index (Phi) is 7.11. The highest BCUT2D eigenvalue weighted by Crippen LogP contribution is 2.29. The molecule has 1 N–H and O–H groups in total. The van der Waals surface area contributed by atoms with Crippen LogP contribution in [0.25, 0.3) is 0 Å². The fourth-order valence-corrected chi connectivity index (χ4v) is 3.97. The molecule has 0 radical (unpaired) electrons. The maximum Gasteiger partial charge on any atom is 0.317 e. The zero-order valence-electron chi connectivity index (χ0n) is 16.8. The second-order valence-electron chi connectivity index (χ2n) is 8.95. The van der Waals surface area contributed by atoms with E-state index in [9.17, 15) is 4.79 Å². The van der Waals surface area contributed by atoms with E-state index in [0.717, 1.165) is 58.7 Å². The lowest BCUT2D eigenvalue weighted by Gasteiger charge is -2.48. The molecule has 0 aliphatic carbocycles. The molecule has 1 atom stereocenters. The number of methoxy groups -OCH3 is 1. The highest BCUT2D eigenvalue weighted by Gasteiger charge is 2.37. The second kappa shape index (κ2) is 8.69. The molecule has 0 bridgehead atoms. The minimum atomic E-state index is 0.0512. The highest BCUT2D eigenvalue weighted by molar-refractivity contribution is 5.74. The fraction of sp³-hybridized carbons (Fsp3) is 0.947. The molecular formula is C19H37N3O3. The van der Waals surface area contributed by atoms with Gasteiger partial charge in [-0.05, 0) is 31.6 Å². The van der Waals surface area contributed by atoms with Crippen molar-refractivity contribution in [2.45, 2.75) is 58.5 Å². The van der Waals surface area contributed by atoms with E-state index in [-0.39, 0.29) is 23.0 Å². The van der Waals surface area contributed by atoms with Crippen LogP contribution >= 0.6 is 0 Å². The molecule has 0 aromatic carbocycles. The predicted molar refractivity (Wildman–Crippen MR) is 99.9 cm³/mol. The Balaban J connectivity index is 1.85. The van der Waals surface area contributed by atoms with Crippen LogP contribution in [0.2, 0.25) is 0 Å². The summed E-state index contributed by atoms with van der Waals surface area (Å²) in [5.74, 6) is 0. The lowest BCUT2D eigenvalue weighted by atomic mass is 9.87. The van der Waals surface area contributed by atoms with Gasteiger partial charge in [0, 0.05) is 38.8 Å². The molecule has 2 aliphatic rings. The Morgan fingerprint density at radius 1 is 1.20 bits per heavy atom. The highest BCUT2D eigenvalue weighted by atomic mass is 16.5. The molecule has 2 saturated heterocycles. The summed E-state index contributed by atoms with van der Waals surface area (Å²) in [6.45, 7) is 14.8. The van der Waals surface area contributed by atoms with Crippen molar-refractivity contribution >= 4 is 6.03 Å². The topological polar surface area (TPSA) is 54.0 Å². The van der Waals surface area contributed by atoms with Gasteiger partial charge in [-0.2, -0.15) is 0 Å². The quantitative estimate of drug-likeness (QED) is 0.822. The maximum atomic E-state index is 12.7. The number of likely N-dealkylation sites (tertiary alicyclic amines) is 1. The lowest BCUT2D eigenvalue weighted by Crippen LogP contribution is -2.59. The summed E-state index contributed by atoms with van der Waals surface area (Å²) in [6.07, 6.45) is 2.95. The summed E-state index contributed by atoms with van der Waals surface area (Å²) >= 11 is 0. The Bertz CT molecular complexity index is 422. The summed E-state index contributed by atoms with van der Waals surface area (Å²) in [6, 6.07) is 0.111. The minimum Gasteiger partial charge on any atom is -0.383 e. The number of ether oxygens (including phenoxy) is 2.